The molecule has 318 valence electrons. The monoisotopic (exact) mass is 767 g/mol. The zero-order chi connectivity index (χ0) is 40.0. The third-order valence-corrected chi connectivity index (χ3v) is 10.4. The average Bonchev–Trinajstić information content (AvgIpc) is 3.12. The quantitative estimate of drug-likeness (QED) is 0.0286. The lowest BCUT2D eigenvalue weighted by molar-refractivity contribution is -0.887. The number of carbonyl (C=O) groups excluding carboxylic acids is 2. The van der Waals surface area contributed by atoms with Gasteiger partial charge < -0.3 is 23.8 Å². The SMILES string of the molecule is CCCCCC/C=C/CCC(=O)OC(COCCC(C(=O)O)[N+](C)(C)C)COC(=O)CCCCCCCCCCCCCCCCCCCCCCCC. The summed E-state index contributed by atoms with van der Waals surface area (Å²) in [5.41, 5.74) is 0. The van der Waals surface area contributed by atoms with E-state index >= 15 is 0 Å². The van der Waals surface area contributed by atoms with Crippen LogP contribution >= 0.6 is 0 Å². The van der Waals surface area contributed by atoms with Crippen LogP contribution < -0.4 is 0 Å². The second-order valence-electron chi connectivity index (χ2n) is 16.7. The maximum absolute atomic E-state index is 12.6. The van der Waals surface area contributed by atoms with Crippen LogP contribution in [-0.2, 0) is 28.6 Å². The van der Waals surface area contributed by atoms with Gasteiger partial charge >= 0.3 is 17.9 Å². The lowest BCUT2D eigenvalue weighted by Gasteiger charge is -2.31. The predicted molar refractivity (Wildman–Crippen MR) is 225 cm³/mol. The first-order valence-electron chi connectivity index (χ1n) is 22.7. The number of unbranched alkanes of at least 4 members (excludes halogenated alkanes) is 25. The number of esters is 2. The summed E-state index contributed by atoms with van der Waals surface area (Å²) in [5, 5.41) is 9.59. The van der Waals surface area contributed by atoms with Crippen LogP contribution in [0, 0.1) is 0 Å². The van der Waals surface area contributed by atoms with Crippen LogP contribution in [-0.4, -0.2) is 80.6 Å². The molecule has 0 rings (SSSR count). The zero-order valence-electron chi connectivity index (χ0n) is 36.2. The van der Waals surface area contributed by atoms with Gasteiger partial charge in [-0.25, -0.2) is 4.79 Å². The molecule has 0 saturated heterocycles. The second kappa shape index (κ2) is 38.0. The Morgan fingerprint density at radius 2 is 0.963 bits per heavy atom. The number of aliphatic carboxylic acids is 1. The van der Waals surface area contributed by atoms with Gasteiger partial charge in [-0.3, -0.25) is 9.59 Å². The standard InChI is InChI=1S/C46H87NO7/c1-6-8-10-12-14-16-17-18-19-20-21-22-23-24-25-26-27-28-29-31-32-34-36-44(48)53-41-42(40-52-39-38-43(46(50)51)47(3,4)5)54-45(49)37-35-33-30-15-13-11-9-7-2/h30,33,42-43H,6-29,31-32,34-41H2,1-5H3/p+1/b33-30+. The van der Waals surface area contributed by atoms with E-state index in [1.165, 1.54) is 141 Å². The lowest BCUT2D eigenvalue weighted by atomic mass is 10.0. The van der Waals surface area contributed by atoms with E-state index in [0.717, 1.165) is 32.1 Å². The Balaban J connectivity index is 4.10. The van der Waals surface area contributed by atoms with Gasteiger partial charge in [0.25, 0.3) is 0 Å². The Hall–Kier alpha value is -1.93. The van der Waals surface area contributed by atoms with Crippen molar-refractivity contribution in [2.45, 2.75) is 225 Å². The largest absolute Gasteiger partial charge is 0.477 e. The molecule has 0 aliphatic carbocycles. The number of allylic oxidation sites excluding steroid dienone is 2. The smallest absolute Gasteiger partial charge is 0.362 e. The predicted octanol–water partition coefficient (Wildman–Crippen LogP) is 12.3. The minimum atomic E-state index is -0.878. The molecule has 0 aliphatic heterocycles. The summed E-state index contributed by atoms with van der Waals surface area (Å²) in [6.07, 6.45) is 40.1. The molecule has 0 amide bonds. The first-order valence-corrected chi connectivity index (χ1v) is 22.7. The summed E-state index contributed by atoms with van der Waals surface area (Å²) in [5.74, 6) is -1.52. The highest BCUT2D eigenvalue weighted by Crippen LogP contribution is 2.16. The summed E-state index contributed by atoms with van der Waals surface area (Å²) >= 11 is 0. The van der Waals surface area contributed by atoms with Gasteiger partial charge in [0.2, 0.25) is 0 Å². The van der Waals surface area contributed by atoms with Crippen LogP contribution in [0.1, 0.15) is 213 Å². The van der Waals surface area contributed by atoms with Crippen molar-refractivity contribution in [3.63, 3.8) is 0 Å². The summed E-state index contributed by atoms with van der Waals surface area (Å²) in [6, 6.07) is -0.614. The van der Waals surface area contributed by atoms with E-state index in [1.807, 2.05) is 27.2 Å². The van der Waals surface area contributed by atoms with Crippen molar-refractivity contribution in [2.24, 2.45) is 0 Å². The molecule has 0 aromatic carbocycles. The maximum Gasteiger partial charge on any atom is 0.362 e. The first kappa shape index (κ1) is 52.1. The lowest BCUT2D eigenvalue weighted by Crippen LogP contribution is -2.50. The van der Waals surface area contributed by atoms with Crippen molar-refractivity contribution in [1.29, 1.82) is 0 Å². The van der Waals surface area contributed by atoms with Crippen molar-refractivity contribution in [3.05, 3.63) is 12.2 Å². The fourth-order valence-corrected chi connectivity index (χ4v) is 6.87. The minimum absolute atomic E-state index is 0.0508. The molecule has 0 fully saturated rings. The van der Waals surface area contributed by atoms with Gasteiger partial charge in [-0.2, -0.15) is 0 Å². The number of rotatable bonds is 41. The molecule has 8 nitrogen and oxygen atoms in total. The van der Waals surface area contributed by atoms with Crippen molar-refractivity contribution in [1.82, 2.24) is 0 Å². The molecule has 54 heavy (non-hydrogen) atoms. The molecule has 0 bridgehead atoms. The molecule has 2 atom stereocenters. The fraction of sp³-hybridized carbons (Fsp3) is 0.891. The summed E-state index contributed by atoms with van der Waals surface area (Å²) in [7, 11) is 5.51. The van der Waals surface area contributed by atoms with Crippen LogP contribution in [0.3, 0.4) is 0 Å². The number of carbonyl (C=O) groups is 3. The average molecular weight is 767 g/mol. The van der Waals surface area contributed by atoms with Crippen LogP contribution in [0.4, 0.5) is 0 Å². The van der Waals surface area contributed by atoms with Crippen LogP contribution in [0.25, 0.3) is 0 Å². The number of carboxylic acids is 1. The summed E-state index contributed by atoms with van der Waals surface area (Å²) in [6.45, 7) is 4.68. The number of nitrogens with zero attached hydrogens (tertiary/aromatic N) is 1. The third kappa shape index (κ3) is 35.8. The van der Waals surface area contributed by atoms with E-state index in [4.69, 9.17) is 14.2 Å². The summed E-state index contributed by atoms with van der Waals surface area (Å²) < 4.78 is 17.2. The summed E-state index contributed by atoms with van der Waals surface area (Å²) in [4.78, 5) is 36.8. The van der Waals surface area contributed by atoms with Crippen LogP contribution in [0.15, 0.2) is 12.2 Å². The third-order valence-electron chi connectivity index (χ3n) is 10.4. The molecule has 0 radical (unpaired) electrons. The minimum Gasteiger partial charge on any atom is -0.477 e. The Kier molecular flexibility index (Phi) is 36.6. The Morgan fingerprint density at radius 1 is 0.537 bits per heavy atom. The maximum atomic E-state index is 12.6. The number of likely N-dealkylation sites (N-methyl/N-ethyl adjacent to an activating group) is 1. The van der Waals surface area contributed by atoms with Gasteiger partial charge in [-0.1, -0.05) is 180 Å². The molecular formula is C46H88NO7+. The number of carboxylic acid groups (broad SMARTS) is 1. The van der Waals surface area contributed by atoms with Crippen molar-refractivity contribution >= 4 is 17.9 Å². The van der Waals surface area contributed by atoms with Crippen molar-refractivity contribution in [2.75, 3.05) is 41.0 Å². The van der Waals surface area contributed by atoms with Gasteiger partial charge in [0, 0.05) is 19.3 Å². The van der Waals surface area contributed by atoms with Crippen LogP contribution in [0.2, 0.25) is 0 Å². The number of hydrogen-bond donors (Lipinski definition) is 1. The van der Waals surface area contributed by atoms with E-state index in [1.54, 1.807) is 0 Å². The number of quaternary nitrogens is 1. The molecule has 0 saturated carbocycles. The van der Waals surface area contributed by atoms with Crippen molar-refractivity contribution < 1.29 is 38.2 Å². The molecular weight excluding hydrogens is 679 g/mol. The van der Waals surface area contributed by atoms with E-state index in [9.17, 15) is 19.5 Å². The van der Waals surface area contributed by atoms with Crippen molar-refractivity contribution in [3.8, 4) is 0 Å². The highest BCUT2D eigenvalue weighted by Gasteiger charge is 2.31. The highest BCUT2D eigenvalue weighted by molar-refractivity contribution is 5.72. The van der Waals surface area contributed by atoms with E-state index in [0.29, 0.717) is 19.3 Å². The highest BCUT2D eigenvalue weighted by atomic mass is 16.6. The molecule has 1 N–H and O–H groups in total. The molecule has 0 spiro atoms. The molecule has 0 aromatic heterocycles. The van der Waals surface area contributed by atoms with Crippen LogP contribution in [0.5, 0.6) is 0 Å². The molecule has 8 heteroatoms. The molecule has 0 aliphatic rings. The first-order chi connectivity index (χ1) is 26.1. The normalized spacial score (nSPS) is 13.0. The van der Waals surface area contributed by atoms with E-state index in [2.05, 4.69) is 19.9 Å². The molecule has 0 aromatic rings. The zero-order valence-corrected chi connectivity index (χ0v) is 36.2. The molecule has 0 heterocycles. The van der Waals surface area contributed by atoms with Gasteiger partial charge in [0.1, 0.15) is 6.61 Å². The number of hydrogen-bond acceptors (Lipinski definition) is 6. The Morgan fingerprint density at radius 3 is 1.41 bits per heavy atom. The Labute approximate surface area is 333 Å². The van der Waals surface area contributed by atoms with Gasteiger partial charge in [0.05, 0.1) is 34.4 Å². The molecule has 2 unspecified atom stereocenters. The van der Waals surface area contributed by atoms with E-state index < -0.39 is 18.1 Å². The van der Waals surface area contributed by atoms with Gasteiger partial charge in [-0.15, -0.1) is 0 Å². The second-order valence-corrected chi connectivity index (χ2v) is 16.7. The topological polar surface area (TPSA) is 99.1 Å². The van der Waals surface area contributed by atoms with E-state index in [-0.39, 0.29) is 42.7 Å². The van der Waals surface area contributed by atoms with Gasteiger partial charge in [0.15, 0.2) is 12.1 Å². The van der Waals surface area contributed by atoms with Gasteiger partial charge in [-0.05, 0) is 25.7 Å². The number of ether oxygens (including phenoxy) is 3. The fourth-order valence-electron chi connectivity index (χ4n) is 6.87. The Bertz CT molecular complexity index is 900.